The van der Waals surface area contributed by atoms with Gasteiger partial charge in [-0.25, -0.2) is 4.98 Å². The van der Waals surface area contributed by atoms with Crippen molar-refractivity contribution in [1.82, 2.24) is 4.98 Å². The molecule has 21 heavy (non-hydrogen) atoms. The number of hydrogen-bond donors (Lipinski definition) is 2. The van der Waals surface area contributed by atoms with Crippen LogP contribution in [0.2, 0.25) is 0 Å². The van der Waals surface area contributed by atoms with Gasteiger partial charge >= 0.3 is 5.97 Å². The zero-order chi connectivity index (χ0) is 14.8. The fourth-order valence-corrected chi connectivity index (χ4v) is 3.08. The predicted octanol–water partition coefficient (Wildman–Crippen LogP) is 2.91. The van der Waals surface area contributed by atoms with E-state index >= 15 is 0 Å². The summed E-state index contributed by atoms with van der Waals surface area (Å²) in [4.78, 5) is 15.7. The summed E-state index contributed by atoms with van der Waals surface area (Å²) in [5.41, 5.74) is 0. The summed E-state index contributed by atoms with van der Waals surface area (Å²) in [5, 5.41) is 14.5. The van der Waals surface area contributed by atoms with Crippen molar-refractivity contribution in [2.24, 2.45) is 5.92 Å². The second-order valence-corrected chi connectivity index (χ2v) is 5.34. The molecule has 1 aromatic heterocycles. The summed E-state index contributed by atoms with van der Waals surface area (Å²) < 4.78 is 5.36. The van der Waals surface area contributed by atoms with E-state index in [1.54, 1.807) is 13.3 Å². The number of carbonyl (C=O) groups is 1. The lowest BCUT2D eigenvalue weighted by atomic mass is 10.0. The minimum absolute atomic E-state index is 0.0631. The first-order valence-electron chi connectivity index (χ1n) is 7.12. The van der Waals surface area contributed by atoms with Crippen LogP contribution >= 0.6 is 0 Å². The topological polar surface area (TPSA) is 71.5 Å². The van der Waals surface area contributed by atoms with E-state index in [1.807, 2.05) is 24.3 Å². The van der Waals surface area contributed by atoms with E-state index in [-0.39, 0.29) is 12.0 Å². The Morgan fingerprint density at radius 3 is 2.95 bits per heavy atom. The van der Waals surface area contributed by atoms with Gasteiger partial charge in [0.1, 0.15) is 11.6 Å². The van der Waals surface area contributed by atoms with Crippen LogP contribution in [0.3, 0.4) is 0 Å². The maximum absolute atomic E-state index is 11.3. The van der Waals surface area contributed by atoms with E-state index in [2.05, 4.69) is 10.3 Å². The van der Waals surface area contributed by atoms with Crippen LogP contribution in [0.15, 0.2) is 30.5 Å². The van der Waals surface area contributed by atoms with Crippen molar-refractivity contribution in [3.63, 3.8) is 0 Å². The Bertz CT molecular complexity index is 672. The van der Waals surface area contributed by atoms with Gasteiger partial charge in [0.15, 0.2) is 0 Å². The van der Waals surface area contributed by atoms with Gasteiger partial charge in [0.2, 0.25) is 0 Å². The smallest absolute Gasteiger partial charge is 0.308 e. The summed E-state index contributed by atoms with van der Waals surface area (Å²) in [6.45, 7) is 0. The number of ether oxygens (including phenoxy) is 1. The molecule has 1 fully saturated rings. The van der Waals surface area contributed by atoms with Crippen LogP contribution < -0.4 is 10.1 Å². The molecule has 5 heteroatoms. The largest absolute Gasteiger partial charge is 0.496 e. The van der Waals surface area contributed by atoms with E-state index in [0.29, 0.717) is 0 Å². The van der Waals surface area contributed by atoms with E-state index in [1.165, 1.54) is 0 Å². The van der Waals surface area contributed by atoms with Crippen molar-refractivity contribution in [2.45, 2.75) is 25.3 Å². The molecule has 3 rings (SSSR count). The van der Waals surface area contributed by atoms with Gasteiger partial charge in [-0.2, -0.15) is 0 Å². The number of carboxylic acid groups (broad SMARTS) is 1. The van der Waals surface area contributed by atoms with Gasteiger partial charge < -0.3 is 15.2 Å². The molecule has 5 nitrogen and oxygen atoms in total. The Morgan fingerprint density at radius 2 is 2.19 bits per heavy atom. The van der Waals surface area contributed by atoms with Crippen molar-refractivity contribution in [3.05, 3.63) is 30.5 Å². The number of nitrogens with one attached hydrogen (secondary N) is 1. The summed E-state index contributed by atoms with van der Waals surface area (Å²) in [6.07, 6.45) is 4.24. The number of anilines is 1. The zero-order valence-corrected chi connectivity index (χ0v) is 11.9. The highest BCUT2D eigenvalue weighted by Crippen LogP contribution is 2.33. The molecule has 2 atom stereocenters. The van der Waals surface area contributed by atoms with Crippen LogP contribution in [0.1, 0.15) is 19.3 Å². The average Bonchev–Trinajstić information content (AvgIpc) is 2.95. The maximum Gasteiger partial charge on any atom is 0.308 e. The van der Waals surface area contributed by atoms with Gasteiger partial charge in [-0.3, -0.25) is 4.79 Å². The van der Waals surface area contributed by atoms with Crippen molar-refractivity contribution in [3.8, 4) is 5.75 Å². The van der Waals surface area contributed by atoms with E-state index < -0.39 is 5.97 Å². The molecule has 2 aromatic rings. The SMILES string of the molecule is COc1cccc2c(NC3CCCC3C(=O)O)nccc12. The lowest BCUT2D eigenvalue weighted by molar-refractivity contribution is -0.141. The molecule has 0 aliphatic heterocycles. The number of aromatic nitrogens is 1. The van der Waals surface area contributed by atoms with Crippen molar-refractivity contribution in [1.29, 1.82) is 0 Å². The highest BCUT2D eigenvalue weighted by atomic mass is 16.5. The number of carboxylic acids is 1. The van der Waals surface area contributed by atoms with Gasteiger partial charge in [-0.15, -0.1) is 0 Å². The Morgan fingerprint density at radius 1 is 1.33 bits per heavy atom. The Hall–Kier alpha value is -2.30. The molecular formula is C16H18N2O3. The first-order chi connectivity index (χ1) is 10.2. The van der Waals surface area contributed by atoms with Gasteiger partial charge in [-0.05, 0) is 25.0 Å². The summed E-state index contributed by atoms with van der Waals surface area (Å²) in [5.74, 6) is 0.444. The Balaban J connectivity index is 1.96. The lowest BCUT2D eigenvalue weighted by Crippen LogP contribution is -2.30. The molecule has 0 spiro atoms. The third-order valence-corrected chi connectivity index (χ3v) is 4.14. The first kappa shape index (κ1) is 13.7. The average molecular weight is 286 g/mol. The molecule has 0 radical (unpaired) electrons. The van der Waals surface area contributed by atoms with Gasteiger partial charge in [0.05, 0.1) is 13.0 Å². The monoisotopic (exact) mass is 286 g/mol. The van der Waals surface area contributed by atoms with Crippen LogP contribution in [0.4, 0.5) is 5.82 Å². The van der Waals surface area contributed by atoms with Crippen LogP contribution in [0.5, 0.6) is 5.75 Å². The van der Waals surface area contributed by atoms with Gasteiger partial charge in [-0.1, -0.05) is 18.6 Å². The fourth-order valence-electron chi connectivity index (χ4n) is 3.08. The molecule has 2 unspecified atom stereocenters. The number of hydrogen-bond acceptors (Lipinski definition) is 4. The van der Waals surface area contributed by atoms with Crippen LogP contribution in [-0.2, 0) is 4.79 Å². The summed E-state index contributed by atoms with van der Waals surface area (Å²) >= 11 is 0. The van der Waals surface area contributed by atoms with E-state index in [4.69, 9.17) is 4.74 Å². The van der Waals surface area contributed by atoms with E-state index in [9.17, 15) is 9.90 Å². The summed E-state index contributed by atoms with van der Waals surface area (Å²) in [6, 6.07) is 7.63. The normalized spacial score (nSPS) is 21.4. The molecule has 1 aliphatic rings. The van der Waals surface area contributed by atoms with Crippen molar-refractivity contribution < 1.29 is 14.6 Å². The number of benzene rings is 1. The van der Waals surface area contributed by atoms with Crippen LogP contribution in [0.25, 0.3) is 10.8 Å². The second kappa shape index (κ2) is 5.60. The number of rotatable bonds is 4. The van der Waals surface area contributed by atoms with E-state index in [0.717, 1.165) is 41.6 Å². The Labute approximate surface area is 123 Å². The Kier molecular flexibility index (Phi) is 3.64. The standard InChI is InChI=1S/C16H18N2O3/c1-21-14-7-3-4-11-10(14)8-9-17-15(11)18-13-6-2-5-12(13)16(19)20/h3-4,7-9,12-13H,2,5-6H2,1H3,(H,17,18)(H,19,20). The third-order valence-electron chi connectivity index (χ3n) is 4.14. The highest BCUT2D eigenvalue weighted by Gasteiger charge is 2.33. The van der Waals surface area contributed by atoms with Crippen molar-refractivity contribution >= 4 is 22.6 Å². The molecule has 1 saturated carbocycles. The minimum atomic E-state index is -0.734. The van der Waals surface area contributed by atoms with Crippen LogP contribution in [-0.4, -0.2) is 29.2 Å². The molecule has 110 valence electrons. The quantitative estimate of drug-likeness (QED) is 0.904. The fraction of sp³-hybridized carbons (Fsp3) is 0.375. The number of fused-ring (bicyclic) bond motifs is 1. The molecule has 0 bridgehead atoms. The minimum Gasteiger partial charge on any atom is -0.496 e. The maximum atomic E-state index is 11.3. The number of methoxy groups -OCH3 is 1. The molecule has 0 saturated heterocycles. The molecule has 1 aromatic carbocycles. The molecule has 1 heterocycles. The number of aliphatic carboxylic acids is 1. The molecule has 2 N–H and O–H groups in total. The van der Waals surface area contributed by atoms with Gasteiger partial charge in [0.25, 0.3) is 0 Å². The molecular weight excluding hydrogens is 268 g/mol. The summed E-state index contributed by atoms with van der Waals surface area (Å²) in [7, 11) is 1.64. The molecule has 1 aliphatic carbocycles. The highest BCUT2D eigenvalue weighted by molar-refractivity contribution is 5.96. The first-order valence-corrected chi connectivity index (χ1v) is 7.12. The number of nitrogens with zero attached hydrogens (tertiary/aromatic N) is 1. The number of pyridine rings is 1. The molecule has 0 amide bonds. The predicted molar refractivity (Wildman–Crippen MR) is 80.7 cm³/mol. The van der Waals surface area contributed by atoms with Crippen molar-refractivity contribution in [2.75, 3.05) is 12.4 Å². The van der Waals surface area contributed by atoms with Gasteiger partial charge in [0, 0.05) is 23.0 Å². The zero-order valence-electron chi connectivity index (χ0n) is 11.9. The third kappa shape index (κ3) is 2.51. The second-order valence-electron chi connectivity index (χ2n) is 5.34. The van der Waals surface area contributed by atoms with Crippen LogP contribution in [0, 0.1) is 5.92 Å². The lowest BCUT2D eigenvalue weighted by Gasteiger charge is -2.19.